The van der Waals surface area contributed by atoms with Crippen LogP contribution in [0.3, 0.4) is 0 Å². The second kappa shape index (κ2) is 5.98. The number of rotatable bonds is 5. The molecule has 24 heavy (non-hydrogen) atoms. The molecule has 1 aliphatic carbocycles. The van der Waals surface area contributed by atoms with Crippen molar-refractivity contribution in [3.63, 3.8) is 0 Å². The Hall–Kier alpha value is -2.86. The summed E-state index contributed by atoms with van der Waals surface area (Å²) >= 11 is 0. The Morgan fingerprint density at radius 1 is 1.12 bits per heavy atom. The van der Waals surface area contributed by atoms with Crippen LogP contribution in [0.1, 0.15) is 23.8 Å². The Bertz CT molecular complexity index is 844. The van der Waals surface area contributed by atoms with Crippen molar-refractivity contribution in [1.82, 2.24) is 15.5 Å². The maximum absolute atomic E-state index is 9.58. The van der Waals surface area contributed by atoms with Crippen LogP contribution in [-0.2, 0) is 6.54 Å². The van der Waals surface area contributed by atoms with Crippen molar-refractivity contribution in [2.45, 2.75) is 24.9 Å². The Morgan fingerprint density at radius 3 is 2.67 bits per heavy atom. The Balaban J connectivity index is 1.38. The number of phenols is 1. The minimum Gasteiger partial charge on any atom is -0.508 e. The average Bonchev–Trinajstić information content (AvgIpc) is 3.26. The number of nitrogen functional groups attached to an aromatic ring is 1. The maximum atomic E-state index is 9.58. The van der Waals surface area contributed by atoms with Crippen molar-refractivity contribution >= 4 is 6.01 Å². The second-order valence-corrected chi connectivity index (χ2v) is 6.04. The number of aromatic hydroxyl groups is 1. The molecule has 0 radical (unpaired) electrons. The van der Waals surface area contributed by atoms with Crippen LogP contribution in [0.4, 0.5) is 6.01 Å². The van der Waals surface area contributed by atoms with Crippen LogP contribution in [0.25, 0.3) is 11.1 Å². The van der Waals surface area contributed by atoms with E-state index >= 15 is 0 Å². The molecule has 3 aromatic rings. The Labute approximate surface area is 139 Å². The van der Waals surface area contributed by atoms with Gasteiger partial charge in [0.05, 0.1) is 6.54 Å². The molecule has 0 saturated heterocycles. The lowest BCUT2D eigenvalue weighted by molar-refractivity contribution is 0.475. The van der Waals surface area contributed by atoms with Crippen LogP contribution >= 0.6 is 0 Å². The number of anilines is 1. The van der Waals surface area contributed by atoms with Crippen molar-refractivity contribution in [2.75, 3.05) is 5.73 Å². The highest BCUT2D eigenvalue weighted by Gasteiger charge is 2.38. The molecule has 2 aromatic carbocycles. The van der Waals surface area contributed by atoms with Crippen molar-refractivity contribution in [2.24, 2.45) is 0 Å². The third-order valence-corrected chi connectivity index (χ3v) is 4.31. The number of hydrogen-bond acceptors (Lipinski definition) is 6. The zero-order valence-corrected chi connectivity index (χ0v) is 13.0. The molecule has 1 heterocycles. The lowest BCUT2D eigenvalue weighted by Gasteiger charge is -2.05. The molecule has 6 nitrogen and oxygen atoms in total. The van der Waals surface area contributed by atoms with Gasteiger partial charge >= 0.3 is 6.01 Å². The molecule has 1 aliphatic rings. The van der Waals surface area contributed by atoms with Gasteiger partial charge in [0.2, 0.25) is 5.89 Å². The Morgan fingerprint density at radius 2 is 1.96 bits per heavy atom. The van der Waals surface area contributed by atoms with Gasteiger partial charge in [0, 0.05) is 12.0 Å². The van der Waals surface area contributed by atoms with Crippen LogP contribution in [0.5, 0.6) is 5.75 Å². The van der Waals surface area contributed by atoms with E-state index in [0.29, 0.717) is 24.4 Å². The number of hydrogen-bond donors (Lipinski definition) is 3. The lowest BCUT2D eigenvalue weighted by atomic mass is 10.0. The number of benzene rings is 2. The largest absolute Gasteiger partial charge is 0.508 e. The van der Waals surface area contributed by atoms with E-state index < -0.39 is 0 Å². The van der Waals surface area contributed by atoms with Crippen LogP contribution in [0, 0.1) is 0 Å². The summed E-state index contributed by atoms with van der Waals surface area (Å²) in [5.41, 5.74) is 8.83. The molecule has 0 aliphatic heterocycles. The lowest BCUT2D eigenvalue weighted by Crippen LogP contribution is -2.17. The summed E-state index contributed by atoms with van der Waals surface area (Å²) in [5.74, 6) is 1.30. The van der Waals surface area contributed by atoms with Gasteiger partial charge < -0.3 is 20.6 Å². The molecule has 2 atom stereocenters. The van der Waals surface area contributed by atoms with Gasteiger partial charge in [0.25, 0.3) is 0 Å². The summed E-state index contributed by atoms with van der Waals surface area (Å²) in [7, 11) is 0. The van der Waals surface area contributed by atoms with Crippen molar-refractivity contribution in [1.29, 1.82) is 0 Å². The predicted octanol–water partition coefficient (Wildman–Crippen LogP) is 2.67. The van der Waals surface area contributed by atoms with Gasteiger partial charge in [0.1, 0.15) is 5.75 Å². The van der Waals surface area contributed by atoms with E-state index in [1.165, 1.54) is 5.56 Å². The van der Waals surface area contributed by atoms with Crippen molar-refractivity contribution < 1.29 is 9.52 Å². The van der Waals surface area contributed by atoms with E-state index in [4.69, 9.17) is 10.2 Å². The third-order valence-electron chi connectivity index (χ3n) is 4.31. The molecule has 6 heteroatoms. The van der Waals surface area contributed by atoms with Gasteiger partial charge in [-0.1, -0.05) is 41.5 Å². The quantitative estimate of drug-likeness (QED) is 0.668. The van der Waals surface area contributed by atoms with E-state index in [2.05, 4.69) is 39.8 Å². The van der Waals surface area contributed by atoms with Gasteiger partial charge in [-0.05, 0) is 35.2 Å². The molecule has 0 unspecified atom stereocenters. The first kappa shape index (κ1) is 14.7. The summed E-state index contributed by atoms with van der Waals surface area (Å²) in [4.78, 5) is 0. The number of aromatic nitrogens is 2. The van der Waals surface area contributed by atoms with E-state index in [0.717, 1.165) is 17.5 Å². The summed E-state index contributed by atoms with van der Waals surface area (Å²) in [6, 6.07) is 16.3. The van der Waals surface area contributed by atoms with Crippen LogP contribution in [-0.4, -0.2) is 21.3 Å². The first-order chi connectivity index (χ1) is 11.7. The molecule has 1 aromatic heterocycles. The minimum atomic E-state index is 0.0988. The van der Waals surface area contributed by atoms with Gasteiger partial charge in [-0.15, -0.1) is 5.10 Å². The van der Waals surface area contributed by atoms with Crippen LogP contribution < -0.4 is 11.1 Å². The first-order valence-electron chi connectivity index (χ1n) is 7.89. The molecule has 4 rings (SSSR count). The zero-order valence-electron chi connectivity index (χ0n) is 13.0. The molecule has 0 spiro atoms. The summed E-state index contributed by atoms with van der Waals surface area (Å²) in [6.45, 7) is 0.534. The average molecular weight is 322 g/mol. The third kappa shape index (κ3) is 3.09. The van der Waals surface area contributed by atoms with Crippen molar-refractivity contribution in [3.05, 3.63) is 60.0 Å². The fourth-order valence-electron chi connectivity index (χ4n) is 2.95. The molecular weight excluding hydrogens is 304 g/mol. The molecule has 0 bridgehead atoms. The predicted molar refractivity (Wildman–Crippen MR) is 90.2 cm³/mol. The first-order valence-corrected chi connectivity index (χ1v) is 7.89. The number of nitrogens with two attached hydrogens (primary N) is 1. The van der Waals surface area contributed by atoms with E-state index in [-0.39, 0.29) is 11.8 Å². The van der Waals surface area contributed by atoms with Gasteiger partial charge in [-0.2, -0.15) is 0 Å². The van der Waals surface area contributed by atoms with Gasteiger partial charge in [-0.3, -0.25) is 0 Å². The standard InChI is InChI=1S/C18H18N4O2/c19-18-22-21-17(24-18)10-20-16-9-15(16)12-6-4-11(5-7-12)13-2-1-3-14(23)8-13/h1-8,15-16,20,23H,9-10H2,(H2,19,22)/t15-,16+/m1/s1. The summed E-state index contributed by atoms with van der Waals surface area (Å²) in [6.07, 6.45) is 1.09. The molecule has 1 saturated carbocycles. The highest BCUT2D eigenvalue weighted by molar-refractivity contribution is 5.65. The maximum Gasteiger partial charge on any atom is 0.312 e. The van der Waals surface area contributed by atoms with Gasteiger partial charge in [0.15, 0.2) is 0 Å². The molecule has 0 amide bonds. The van der Waals surface area contributed by atoms with E-state index in [1.54, 1.807) is 12.1 Å². The fraction of sp³-hybridized carbons (Fsp3) is 0.222. The normalized spacial score (nSPS) is 19.3. The SMILES string of the molecule is Nc1nnc(CN[C@H]2C[C@@H]2c2ccc(-c3cccc(O)c3)cc2)o1. The molecule has 122 valence electrons. The summed E-state index contributed by atoms with van der Waals surface area (Å²) < 4.78 is 5.15. The highest BCUT2D eigenvalue weighted by Crippen LogP contribution is 2.41. The summed E-state index contributed by atoms with van der Waals surface area (Å²) in [5, 5.41) is 20.5. The fourth-order valence-corrected chi connectivity index (χ4v) is 2.95. The minimum absolute atomic E-state index is 0.0988. The highest BCUT2D eigenvalue weighted by atomic mass is 16.4. The Kier molecular flexibility index (Phi) is 3.66. The van der Waals surface area contributed by atoms with Crippen LogP contribution in [0.15, 0.2) is 52.9 Å². The topological polar surface area (TPSA) is 97.2 Å². The smallest absolute Gasteiger partial charge is 0.312 e. The van der Waals surface area contributed by atoms with Gasteiger partial charge in [-0.25, -0.2) is 0 Å². The molecule has 4 N–H and O–H groups in total. The van der Waals surface area contributed by atoms with Crippen molar-refractivity contribution in [3.8, 4) is 16.9 Å². The van der Waals surface area contributed by atoms with E-state index in [9.17, 15) is 5.11 Å². The van der Waals surface area contributed by atoms with E-state index in [1.807, 2.05) is 12.1 Å². The molecular formula is C18H18N4O2. The monoisotopic (exact) mass is 322 g/mol. The second-order valence-electron chi connectivity index (χ2n) is 6.04. The zero-order chi connectivity index (χ0) is 16.5. The number of phenolic OH excluding ortho intramolecular Hbond substituents is 1. The number of nitrogens with one attached hydrogen (secondary N) is 1. The van der Waals surface area contributed by atoms with Crippen LogP contribution in [0.2, 0.25) is 0 Å². The molecule has 1 fully saturated rings. The number of nitrogens with zero attached hydrogens (tertiary/aromatic N) is 2.